The van der Waals surface area contributed by atoms with E-state index in [0.29, 0.717) is 17.9 Å². The van der Waals surface area contributed by atoms with Crippen molar-refractivity contribution in [2.75, 3.05) is 18.5 Å². The molecule has 0 aliphatic carbocycles. The van der Waals surface area contributed by atoms with Crippen LogP contribution in [0, 0.1) is 0 Å². The summed E-state index contributed by atoms with van der Waals surface area (Å²) in [5.41, 5.74) is 0. The van der Waals surface area contributed by atoms with Gasteiger partial charge in [-0.3, -0.25) is 0 Å². The number of halogens is 4. The third-order valence-electron chi connectivity index (χ3n) is 1.51. The fraction of sp³-hybridized carbons (Fsp3) is 0.714. The van der Waals surface area contributed by atoms with Gasteiger partial charge in [-0.25, -0.2) is 0 Å². The van der Waals surface area contributed by atoms with Crippen LogP contribution in [0.4, 0.5) is 18.3 Å². The lowest BCUT2D eigenvalue weighted by atomic mass is 10.4. The summed E-state index contributed by atoms with van der Waals surface area (Å²) in [5.74, 6) is 0. The van der Waals surface area contributed by atoms with E-state index in [1.807, 2.05) is 6.92 Å². The summed E-state index contributed by atoms with van der Waals surface area (Å²) in [7, 11) is 1.68. The Morgan fingerprint density at radius 2 is 2.07 bits per heavy atom. The fourth-order valence-electron chi connectivity index (χ4n) is 0.940. The van der Waals surface area contributed by atoms with Crippen LogP contribution < -0.4 is 4.90 Å². The fourth-order valence-corrected chi connectivity index (χ4v) is 2.06. The maximum atomic E-state index is 12.2. The van der Waals surface area contributed by atoms with Crippen LogP contribution in [0.5, 0.6) is 0 Å². The van der Waals surface area contributed by atoms with Crippen molar-refractivity contribution in [3.05, 3.63) is 5.01 Å². The quantitative estimate of drug-likeness (QED) is 0.804. The van der Waals surface area contributed by atoms with Crippen LogP contribution in [0.2, 0.25) is 0 Å². The van der Waals surface area contributed by atoms with Gasteiger partial charge in [0.1, 0.15) is 0 Å². The van der Waals surface area contributed by atoms with E-state index in [9.17, 15) is 13.2 Å². The van der Waals surface area contributed by atoms with Gasteiger partial charge in [0.05, 0.1) is 0 Å². The highest BCUT2D eigenvalue weighted by atomic mass is 79.9. The summed E-state index contributed by atoms with van der Waals surface area (Å²) in [5, 5.41) is 5.95. The van der Waals surface area contributed by atoms with E-state index in [1.165, 1.54) is 0 Å². The minimum atomic E-state index is -4.41. The molecule has 0 saturated carbocycles. The summed E-state index contributed by atoms with van der Waals surface area (Å²) in [6.07, 6.45) is -4.41. The number of alkyl halides is 4. The van der Waals surface area contributed by atoms with E-state index in [1.54, 1.807) is 11.9 Å². The second kappa shape index (κ2) is 4.65. The zero-order chi connectivity index (χ0) is 11.6. The van der Waals surface area contributed by atoms with Crippen molar-refractivity contribution in [1.29, 1.82) is 0 Å². The minimum Gasteiger partial charge on any atom is -0.349 e. The molecule has 0 bridgehead atoms. The summed E-state index contributed by atoms with van der Waals surface area (Å²) in [6.45, 7) is 2.48. The molecule has 86 valence electrons. The van der Waals surface area contributed by atoms with Gasteiger partial charge in [0.25, 0.3) is 0 Å². The summed E-state index contributed by atoms with van der Waals surface area (Å²) >= 11 is 3.86. The highest BCUT2D eigenvalue weighted by Gasteiger charge is 2.36. The van der Waals surface area contributed by atoms with Crippen molar-refractivity contribution in [2.45, 2.75) is 17.9 Å². The van der Waals surface area contributed by atoms with Crippen LogP contribution in [0.25, 0.3) is 0 Å². The Labute approximate surface area is 97.4 Å². The number of aromatic nitrogens is 2. The molecule has 0 saturated heterocycles. The average molecular weight is 304 g/mol. The maximum absolute atomic E-state index is 12.2. The SMILES string of the molecule is CC(Br)CN(C)c1nnc(C(F)(F)F)s1. The molecule has 15 heavy (non-hydrogen) atoms. The number of hydrogen-bond donors (Lipinski definition) is 0. The van der Waals surface area contributed by atoms with Gasteiger partial charge in [0, 0.05) is 18.4 Å². The van der Waals surface area contributed by atoms with Gasteiger partial charge < -0.3 is 4.90 Å². The third kappa shape index (κ3) is 3.60. The van der Waals surface area contributed by atoms with Crippen LogP contribution in [0.1, 0.15) is 11.9 Å². The molecule has 0 aromatic carbocycles. The van der Waals surface area contributed by atoms with Gasteiger partial charge in [-0.05, 0) is 0 Å². The van der Waals surface area contributed by atoms with E-state index in [4.69, 9.17) is 0 Å². The first-order chi connectivity index (χ1) is 6.80. The molecule has 0 spiro atoms. The van der Waals surface area contributed by atoms with E-state index >= 15 is 0 Å². The second-order valence-corrected chi connectivity index (χ2v) is 5.57. The first-order valence-corrected chi connectivity index (χ1v) is 5.80. The molecule has 0 N–H and O–H groups in total. The number of anilines is 1. The van der Waals surface area contributed by atoms with Crippen molar-refractivity contribution >= 4 is 32.4 Å². The molecule has 0 amide bonds. The Hall–Kier alpha value is -0.370. The Morgan fingerprint density at radius 1 is 1.47 bits per heavy atom. The van der Waals surface area contributed by atoms with Crippen LogP contribution in [-0.4, -0.2) is 28.6 Å². The molecule has 1 heterocycles. The van der Waals surface area contributed by atoms with Crippen molar-refractivity contribution in [2.24, 2.45) is 0 Å². The average Bonchev–Trinajstić information content (AvgIpc) is 2.48. The van der Waals surface area contributed by atoms with Crippen LogP contribution in [0.3, 0.4) is 0 Å². The van der Waals surface area contributed by atoms with Gasteiger partial charge in [0.2, 0.25) is 10.1 Å². The molecule has 0 fully saturated rings. The maximum Gasteiger partial charge on any atom is 0.445 e. The number of rotatable bonds is 3. The molecule has 1 atom stereocenters. The first kappa shape index (κ1) is 12.7. The molecule has 0 aliphatic heterocycles. The largest absolute Gasteiger partial charge is 0.445 e. The van der Waals surface area contributed by atoms with E-state index in [0.717, 1.165) is 0 Å². The monoisotopic (exact) mass is 303 g/mol. The molecular formula is C7H9BrF3N3S. The zero-order valence-corrected chi connectivity index (χ0v) is 10.4. The van der Waals surface area contributed by atoms with E-state index < -0.39 is 11.2 Å². The number of nitrogens with zero attached hydrogens (tertiary/aromatic N) is 3. The normalized spacial score (nSPS) is 14.0. The van der Waals surface area contributed by atoms with Gasteiger partial charge in [0.15, 0.2) is 0 Å². The summed E-state index contributed by atoms with van der Waals surface area (Å²) in [6, 6.07) is 0. The Morgan fingerprint density at radius 3 is 2.47 bits per heavy atom. The molecular weight excluding hydrogens is 295 g/mol. The van der Waals surface area contributed by atoms with Crippen LogP contribution in [0.15, 0.2) is 0 Å². The minimum absolute atomic E-state index is 0.181. The molecule has 0 aliphatic rings. The highest BCUT2D eigenvalue weighted by molar-refractivity contribution is 9.09. The van der Waals surface area contributed by atoms with Crippen molar-refractivity contribution in [1.82, 2.24) is 10.2 Å². The van der Waals surface area contributed by atoms with Crippen molar-refractivity contribution in [3.8, 4) is 0 Å². The predicted molar refractivity (Wildman–Crippen MR) is 56.6 cm³/mol. The van der Waals surface area contributed by atoms with Crippen molar-refractivity contribution in [3.63, 3.8) is 0 Å². The summed E-state index contributed by atoms with van der Waals surface area (Å²) < 4.78 is 36.6. The predicted octanol–water partition coefficient (Wildman–Crippen LogP) is 2.78. The molecule has 3 nitrogen and oxygen atoms in total. The van der Waals surface area contributed by atoms with Crippen LogP contribution in [-0.2, 0) is 6.18 Å². The molecule has 8 heteroatoms. The highest BCUT2D eigenvalue weighted by Crippen LogP contribution is 2.34. The van der Waals surface area contributed by atoms with Gasteiger partial charge in [-0.15, -0.1) is 10.2 Å². The molecule has 1 aromatic heterocycles. The lowest BCUT2D eigenvalue weighted by Gasteiger charge is -2.16. The smallest absolute Gasteiger partial charge is 0.349 e. The van der Waals surface area contributed by atoms with Gasteiger partial charge >= 0.3 is 6.18 Å². The first-order valence-electron chi connectivity index (χ1n) is 4.06. The molecule has 0 radical (unpaired) electrons. The summed E-state index contributed by atoms with van der Waals surface area (Å²) in [4.78, 5) is 1.81. The topological polar surface area (TPSA) is 29.0 Å². The Kier molecular flexibility index (Phi) is 3.93. The third-order valence-corrected chi connectivity index (χ3v) is 2.88. The van der Waals surface area contributed by atoms with Crippen LogP contribution >= 0.6 is 27.3 Å². The zero-order valence-electron chi connectivity index (χ0n) is 8.05. The van der Waals surface area contributed by atoms with Crippen molar-refractivity contribution < 1.29 is 13.2 Å². The molecule has 1 unspecified atom stereocenters. The number of hydrogen-bond acceptors (Lipinski definition) is 4. The lowest BCUT2D eigenvalue weighted by Crippen LogP contribution is -2.23. The Bertz CT molecular complexity index is 326. The second-order valence-electron chi connectivity index (χ2n) is 3.05. The lowest BCUT2D eigenvalue weighted by molar-refractivity contribution is -0.138. The standard InChI is InChI=1S/C7H9BrF3N3S/c1-4(8)3-14(2)6-13-12-5(15-6)7(9,10)11/h4H,3H2,1-2H3. The van der Waals surface area contributed by atoms with E-state index in [2.05, 4.69) is 26.1 Å². The van der Waals surface area contributed by atoms with E-state index in [-0.39, 0.29) is 9.96 Å². The molecule has 1 aromatic rings. The Balaban J connectivity index is 2.76. The van der Waals surface area contributed by atoms with Gasteiger partial charge in [-0.2, -0.15) is 13.2 Å². The van der Waals surface area contributed by atoms with Gasteiger partial charge in [-0.1, -0.05) is 34.2 Å². The molecule has 1 rings (SSSR count).